The summed E-state index contributed by atoms with van der Waals surface area (Å²) in [5.74, 6) is 1.03. The maximum Gasteiger partial charge on any atom is 0.228 e. The number of nitrogens with one attached hydrogen (secondary N) is 2. The van der Waals surface area contributed by atoms with Crippen molar-refractivity contribution < 1.29 is 9.90 Å². The Labute approximate surface area is 122 Å². The van der Waals surface area contributed by atoms with Crippen molar-refractivity contribution in [2.45, 2.75) is 58.4 Å². The number of rotatable bonds is 4. The highest BCUT2D eigenvalue weighted by Crippen LogP contribution is 2.37. The van der Waals surface area contributed by atoms with E-state index in [1.165, 1.54) is 6.42 Å². The van der Waals surface area contributed by atoms with E-state index in [2.05, 4.69) is 31.4 Å². The molecule has 3 unspecified atom stereocenters. The normalized spacial score (nSPS) is 38.1. The van der Waals surface area contributed by atoms with E-state index in [0.29, 0.717) is 11.8 Å². The molecule has 4 heteroatoms. The van der Waals surface area contributed by atoms with Crippen LogP contribution in [0.2, 0.25) is 0 Å². The smallest absolute Gasteiger partial charge is 0.228 e. The van der Waals surface area contributed by atoms with Gasteiger partial charge in [-0.1, -0.05) is 33.6 Å². The summed E-state index contributed by atoms with van der Waals surface area (Å²) < 4.78 is 0. The highest BCUT2D eigenvalue weighted by Gasteiger charge is 2.47. The lowest BCUT2D eigenvalue weighted by atomic mass is 9.72. The van der Waals surface area contributed by atoms with E-state index >= 15 is 0 Å². The average molecular weight is 282 g/mol. The zero-order valence-electron chi connectivity index (χ0n) is 13.2. The van der Waals surface area contributed by atoms with E-state index in [4.69, 9.17) is 0 Å². The third kappa shape index (κ3) is 2.86. The maximum atomic E-state index is 12.9. The Kier molecular flexibility index (Phi) is 4.75. The maximum absolute atomic E-state index is 12.9. The Hall–Kier alpha value is -0.610. The van der Waals surface area contributed by atoms with Crippen LogP contribution in [0, 0.1) is 17.3 Å². The molecule has 1 aliphatic heterocycles. The number of aliphatic hydroxyl groups is 1. The van der Waals surface area contributed by atoms with E-state index < -0.39 is 0 Å². The van der Waals surface area contributed by atoms with Gasteiger partial charge in [-0.15, -0.1) is 0 Å². The van der Waals surface area contributed by atoms with Crippen molar-refractivity contribution in [2.24, 2.45) is 17.3 Å². The second kappa shape index (κ2) is 6.02. The molecule has 4 nitrogen and oxygen atoms in total. The molecule has 116 valence electrons. The Morgan fingerprint density at radius 2 is 2.20 bits per heavy atom. The monoisotopic (exact) mass is 282 g/mol. The Morgan fingerprint density at radius 3 is 2.70 bits per heavy atom. The molecule has 0 radical (unpaired) electrons. The summed E-state index contributed by atoms with van der Waals surface area (Å²) >= 11 is 0. The summed E-state index contributed by atoms with van der Waals surface area (Å²) in [7, 11) is 0. The van der Waals surface area contributed by atoms with Crippen LogP contribution in [0.25, 0.3) is 0 Å². The molecule has 3 atom stereocenters. The van der Waals surface area contributed by atoms with Crippen molar-refractivity contribution >= 4 is 5.91 Å². The van der Waals surface area contributed by atoms with Crippen LogP contribution in [0.3, 0.4) is 0 Å². The molecular formula is C16H30N2O2. The zero-order valence-corrected chi connectivity index (χ0v) is 13.2. The predicted molar refractivity (Wildman–Crippen MR) is 80.3 cm³/mol. The van der Waals surface area contributed by atoms with Crippen molar-refractivity contribution in [3.63, 3.8) is 0 Å². The van der Waals surface area contributed by atoms with Crippen molar-refractivity contribution in [3.8, 4) is 0 Å². The molecule has 2 aliphatic rings. The fraction of sp³-hybridized carbons (Fsp3) is 0.938. The quantitative estimate of drug-likeness (QED) is 0.735. The van der Waals surface area contributed by atoms with Crippen molar-refractivity contribution in [1.82, 2.24) is 10.6 Å². The lowest BCUT2D eigenvalue weighted by molar-refractivity contribution is -0.136. The van der Waals surface area contributed by atoms with Crippen LogP contribution in [0.1, 0.15) is 52.9 Å². The van der Waals surface area contributed by atoms with Crippen LogP contribution in [-0.2, 0) is 4.79 Å². The SMILES string of the molecule is CC1CCCC(CO)(NC(=O)C2(C(C)C)CCNC2)C1. The van der Waals surface area contributed by atoms with Crippen LogP contribution < -0.4 is 10.6 Å². The molecule has 1 heterocycles. The fourth-order valence-electron chi connectivity index (χ4n) is 3.98. The van der Waals surface area contributed by atoms with Crippen LogP contribution >= 0.6 is 0 Å². The zero-order chi connectivity index (χ0) is 14.8. The van der Waals surface area contributed by atoms with E-state index in [1.807, 2.05) is 0 Å². The van der Waals surface area contributed by atoms with Gasteiger partial charge in [-0.25, -0.2) is 0 Å². The fourth-order valence-corrected chi connectivity index (χ4v) is 3.98. The standard InChI is InChI=1S/C16H30N2O2/c1-12(2)16(7-8-17-10-16)14(20)18-15(11-19)6-4-5-13(3)9-15/h12-13,17,19H,4-11H2,1-3H3,(H,18,20). The van der Waals surface area contributed by atoms with Crippen LogP contribution in [0.4, 0.5) is 0 Å². The number of amides is 1. The predicted octanol–water partition coefficient (Wildman–Crippen LogP) is 1.68. The van der Waals surface area contributed by atoms with Gasteiger partial charge in [0.15, 0.2) is 0 Å². The first-order valence-corrected chi connectivity index (χ1v) is 8.08. The average Bonchev–Trinajstić information content (AvgIpc) is 2.89. The van der Waals surface area contributed by atoms with Gasteiger partial charge in [0, 0.05) is 6.54 Å². The molecule has 1 amide bonds. The first kappa shape index (κ1) is 15.8. The summed E-state index contributed by atoms with van der Waals surface area (Å²) in [6.45, 7) is 8.20. The van der Waals surface area contributed by atoms with Crippen LogP contribution in [-0.4, -0.2) is 36.2 Å². The lowest BCUT2D eigenvalue weighted by Gasteiger charge is -2.42. The third-order valence-electron chi connectivity index (χ3n) is 5.52. The second-order valence-electron chi connectivity index (χ2n) is 7.33. The van der Waals surface area contributed by atoms with Crippen LogP contribution in [0.15, 0.2) is 0 Å². The lowest BCUT2D eigenvalue weighted by Crippen LogP contribution is -2.59. The minimum Gasteiger partial charge on any atom is -0.394 e. The summed E-state index contributed by atoms with van der Waals surface area (Å²) in [6, 6.07) is 0. The van der Waals surface area contributed by atoms with Gasteiger partial charge in [-0.2, -0.15) is 0 Å². The Balaban J connectivity index is 2.12. The molecule has 0 spiro atoms. The number of hydrogen-bond donors (Lipinski definition) is 3. The first-order valence-electron chi connectivity index (χ1n) is 8.08. The Morgan fingerprint density at radius 1 is 1.45 bits per heavy atom. The molecule has 1 aliphatic carbocycles. The molecule has 3 N–H and O–H groups in total. The molecule has 20 heavy (non-hydrogen) atoms. The first-order chi connectivity index (χ1) is 9.44. The van der Waals surface area contributed by atoms with Crippen molar-refractivity contribution in [1.29, 1.82) is 0 Å². The molecule has 0 aromatic rings. The van der Waals surface area contributed by atoms with Gasteiger partial charge in [0.05, 0.1) is 17.6 Å². The summed E-state index contributed by atoms with van der Waals surface area (Å²) in [6.07, 6.45) is 5.00. The molecule has 0 bridgehead atoms. The van der Waals surface area contributed by atoms with E-state index in [0.717, 1.165) is 38.8 Å². The number of aliphatic hydroxyl groups excluding tert-OH is 1. The van der Waals surface area contributed by atoms with Gasteiger partial charge in [0.1, 0.15) is 0 Å². The highest BCUT2D eigenvalue weighted by molar-refractivity contribution is 5.84. The highest BCUT2D eigenvalue weighted by atomic mass is 16.3. The minimum atomic E-state index is -0.390. The summed E-state index contributed by atoms with van der Waals surface area (Å²) in [5.41, 5.74) is -0.692. The van der Waals surface area contributed by atoms with E-state index in [1.54, 1.807) is 0 Å². The van der Waals surface area contributed by atoms with E-state index in [-0.39, 0.29) is 23.5 Å². The van der Waals surface area contributed by atoms with Gasteiger partial charge in [0.25, 0.3) is 0 Å². The van der Waals surface area contributed by atoms with Crippen molar-refractivity contribution in [3.05, 3.63) is 0 Å². The molecule has 1 saturated carbocycles. The van der Waals surface area contributed by atoms with Gasteiger partial charge >= 0.3 is 0 Å². The summed E-state index contributed by atoms with van der Waals surface area (Å²) in [5, 5.41) is 16.4. The third-order valence-corrected chi connectivity index (χ3v) is 5.52. The largest absolute Gasteiger partial charge is 0.394 e. The van der Waals surface area contributed by atoms with Crippen LogP contribution in [0.5, 0.6) is 0 Å². The van der Waals surface area contributed by atoms with E-state index in [9.17, 15) is 9.90 Å². The van der Waals surface area contributed by atoms with Gasteiger partial charge in [-0.3, -0.25) is 4.79 Å². The van der Waals surface area contributed by atoms with Crippen molar-refractivity contribution in [2.75, 3.05) is 19.7 Å². The van der Waals surface area contributed by atoms with Gasteiger partial charge < -0.3 is 15.7 Å². The Bertz CT molecular complexity index is 350. The number of hydrogen-bond acceptors (Lipinski definition) is 3. The second-order valence-corrected chi connectivity index (χ2v) is 7.33. The molecule has 0 aromatic heterocycles. The molecule has 2 rings (SSSR count). The molecular weight excluding hydrogens is 252 g/mol. The summed E-state index contributed by atoms with van der Waals surface area (Å²) in [4.78, 5) is 12.9. The minimum absolute atomic E-state index is 0.0602. The molecule has 0 aromatic carbocycles. The van der Waals surface area contributed by atoms with Gasteiger partial charge in [-0.05, 0) is 37.6 Å². The van der Waals surface area contributed by atoms with Gasteiger partial charge in [0.2, 0.25) is 5.91 Å². The number of carbonyl (C=O) groups excluding carboxylic acids is 1. The molecule has 2 fully saturated rings. The molecule has 1 saturated heterocycles. The number of carbonyl (C=O) groups is 1. The topological polar surface area (TPSA) is 61.4 Å².